The third-order valence-corrected chi connectivity index (χ3v) is 5.44. The number of rotatable bonds is 4. The van der Waals surface area contributed by atoms with Gasteiger partial charge in [-0.15, -0.1) is 11.3 Å². The van der Waals surface area contributed by atoms with Crippen molar-refractivity contribution >= 4 is 22.2 Å². The minimum Gasteiger partial charge on any atom is -0.382 e. The summed E-state index contributed by atoms with van der Waals surface area (Å²) in [6, 6.07) is 17.4. The highest BCUT2D eigenvalue weighted by Crippen LogP contribution is 2.29. The molecule has 0 atom stereocenters. The fraction of sp³-hybridized carbons (Fsp3) is 0.250. The molecular weight excluding hydrogens is 333 g/mol. The summed E-state index contributed by atoms with van der Waals surface area (Å²) in [4.78, 5) is 7.09. The molecule has 2 heterocycles. The number of nitrogens with one attached hydrogen (secondary N) is 1. The van der Waals surface area contributed by atoms with Gasteiger partial charge in [-0.1, -0.05) is 18.2 Å². The van der Waals surface area contributed by atoms with E-state index < -0.39 is 0 Å². The zero-order valence-electron chi connectivity index (χ0n) is 13.9. The number of piperidine rings is 1. The van der Waals surface area contributed by atoms with Gasteiger partial charge in [-0.05, 0) is 49.2 Å². The summed E-state index contributed by atoms with van der Waals surface area (Å²) < 4.78 is 13.1. The molecule has 2 aromatic carbocycles. The third kappa shape index (κ3) is 3.82. The van der Waals surface area contributed by atoms with Gasteiger partial charge in [0.05, 0.1) is 5.69 Å². The molecule has 1 aliphatic rings. The minimum absolute atomic E-state index is 0.216. The number of hydrogen-bond donors (Lipinski definition) is 1. The number of benzene rings is 2. The topological polar surface area (TPSA) is 28.2 Å². The van der Waals surface area contributed by atoms with Crippen molar-refractivity contribution in [3.8, 4) is 11.3 Å². The maximum absolute atomic E-state index is 13.1. The summed E-state index contributed by atoms with van der Waals surface area (Å²) >= 11 is 1.66. The van der Waals surface area contributed by atoms with E-state index in [4.69, 9.17) is 4.98 Å². The highest BCUT2D eigenvalue weighted by molar-refractivity contribution is 7.14. The maximum Gasteiger partial charge on any atom is 0.185 e. The van der Waals surface area contributed by atoms with Gasteiger partial charge in [0.1, 0.15) is 5.82 Å². The van der Waals surface area contributed by atoms with E-state index in [1.807, 2.05) is 6.07 Å². The summed E-state index contributed by atoms with van der Waals surface area (Å²) in [7, 11) is 0. The van der Waals surface area contributed by atoms with E-state index >= 15 is 0 Å². The van der Waals surface area contributed by atoms with E-state index in [0.29, 0.717) is 6.04 Å². The van der Waals surface area contributed by atoms with Gasteiger partial charge in [-0.25, -0.2) is 9.37 Å². The van der Waals surface area contributed by atoms with Gasteiger partial charge in [0.2, 0.25) is 0 Å². The molecule has 3 aromatic rings. The van der Waals surface area contributed by atoms with Gasteiger partial charge < -0.3 is 10.2 Å². The molecule has 0 amide bonds. The molecule has 1 N–H and O–H groups in total. The Kier molecular flexibility index (Phi) is 4.65. The second-order valence-corrected chi connectivity index (χ2v) is 7.13. The second kappa shape index (κ2) is 7.23. The second-order valence-electron chi connectivity index (χ2n) is 6.29. The molecule has 1 aromatic heterocycles. The van der Waals surface area contributed by atoms with Crippen molar-refractivity contribution in [2.24, 2.45) is 0 Å². The summed E-state index contributed by atoms with van der Waals surface area (Å²) in [6.45, 7) is 2.00. The highest BCUT2D eigenvalue weighted by atomic mass is 32.1. The molecular formula is C20H20FN3S. The molecule has 25 heavy (non-hydrogen) atoms. The SMILES string of the molecule is Fc1ccc(-c2csc(N3CCC(Nc4ccccc4)CC3)n2)cc1. The first-order chi connectivity index (χ1) is 12.3. The third-order valence-electron chi connectivity index (χ3n) is 4.54. The lowest BCUT2D eigenvalue weighted by Gasteiger charge is -2.32. The molecule has 128 valence electrons. The van der Waals surface area contributed by atoms with Crippen LogP contribution in [0.3, 0.4) is 0 Å². The van der Waals surface area contributed by atoms with Gasteiger partial charge in [-0.2, -0.15) is 0 Å². The largest absolute Gasteiger partial charge is 0.382 e. The fourth-order valence-corrected chi connectivity index (χ4v) is 4.04. The highest BCUT2D eigenvalue weighted by Gasteiger charge is 2.21. The molecule has 1 aliphatic heterocycles. The molecule has 0 aliphatic carbocycles. The number of nitrogens with zero attached hydrogens (tertiary/aromatic N) is 2. The predicted octanol–water partition coefficient (Wildman–Crippen LogP) is 5.03. The van der Waals surface area contributed by atoms with Gasteiger partial charge in [0.15, 0.2) is 5.13 Å². The van der Waals surface area contributed by atoms with E-state index in [-0.39, 0.29) is 5.82 Å². The number of thiazole rings is 1. The summed E-state index contributed by atoms with van der Waals surface area (Å²) in [5.41, 5.74) is 3.07. The van der Waals surface area contributed by atoms with Gasteiger partial charge in [0.25, 0.3) is 0 Å². The lowest BCUT2D eigenvalue weighted by molar-refractivity contribution is 0.526. The van der Waals surface area contributed by atoms with E-state index in [2.05, 4.69) is 39.9 Å². The Balaban J connectivity index is 1.37. The lowest BCUT2D eigenvalue weighted by atomic mass is 10.1. The zero-order valence-corrected chi connectivity index (χ0v) is 14.7. The number of aromatic nitrogens is 1. The molecule has 0 unspecified atom stereocenters. The average Bonchev–Trinajstić information content (AvgIpc) is 3.14. The fourth-order valence-electron chi connectivity index (χ4n) is 3.15. The summed E-state index contributed by atoms with van der Waals surface area (Å²) in [5.74, 6) is -0.216. The van der Waals surface area contributed by atoms with E-state index in [0.717, 1.165) is 42.3 Å². The van der Waals surface area contributed by atoms with Crippen LogP contribution in [0.25, 0.3) is 11.3 Å². The Bertz CT molecular complexity index is 808. The van der Waals surface area contributed by atoms with Crippen molar-refractivity contribution in [1.29, 1.82) is 0 Å². The number of anilines is 2. The van der Waals surface area contributed by atoms with Crippen molar-refractivity contribution in [2.75, 3.05) is 23.3 Å². The van der Waals surface area contributed by atoms with Crippen LogP contribution in [0.4, 0.5) is 15.2 Å². The first-order valence-electron chi connectivity index (χ1n) is 8.56. The van der Waals surface area contributed by atoms with Crippen LogP contribution in [0.1, 0.15) is 12.8 Å². The van der Waals surface area contributed by atoms with E-state index in [1.54, 1.807) is 23.5 Å². The lowest BCUT2D eigenvalue weighted by Crippen LogP contribution is -2.39. The molecule has 0 saturated carbocycles. The van der Waals surface area contributed by atoms with Crippen LogP contribution in [0.15, 0.2) is 60.0 Å². The maximum atomic E-state index is 13.1. The normalized spacial score (nSPS) is 15.3. The molecule has 0 bridgehead atoms. The average molecular weight is 353 g/mol. The summed E-state index contributed by atoms with van der Waals surface area (Å²) in [5, 5.41) is 6.72. The van der Waals surface area contributed by atoms with E-state index in [9.17, 15) is 4.39 Å². The number of halogens is 1. The minimum atomic E-state index is -0.216. The van der Waals surface area contributed by atoms with Crippen molar-refractivity contribution in [1.82, 2.24) is 4.98 Å². The molecule has 5 heteroatoms. The Morgan fingerprint density at radius 3 is 2.44 bits per heavy atom. The Morgan fingerprint density at radius 1 is 1.00 bits per heavy atom. The molecule has 0 spiro atoms. The van der Waals surface area contributed by atoms with Crippen molar-refractivity contribution in [2.45, 2.75) is 18.9 Å². The summed E-state index contributed by atoms with van der Waals surface area (Å²) in [6.07, 6.45) is 2.20. The standard InChI is InChI=1S/C20H20FN3S/c21-16-8-6-15(7-9-16)19-14-25-20(23-19)24-12-10-18(11-13-24)22-17-4-2-1-3-5-17/h1-9,14,18,22H,10-13H2. The number of para-hydroxylation sites is 1. The van der Waals surface area contributed by atoms with Crippen LogP contribution in [0, 0.1) is 5.82 Å². The molecule has 4 rings (SSSR count). The van der Waals surface area contributed by atoms with Crippen LogP contribution in [0.2, 0.25) is 0 Å². The Hall–Kier alpha value is -2.40. The number of hydrogen-bond acceptors (Lipinski definition) is 4. The molecule has 0 radical (unpaired) electrons. The quantitative estimate of drug-likeness (QED) is 0.713. The Labute approximate surface area is 151 Å². The predicted molar refractivity (Wildman–Crippen MR) is 103 cm³/mol. The van der Waals surface area contributed by atoms with Crippen LogP contribution >= 0.6 is 11.3 Å². The van der Waals surface area contributed by atoms with Crippen molar-refractivity contribution in [3.05, 3.63) is 65.8 Å². The smallest absolute Gasteiger partial charge is 0.185 e. The first-order valence-corrected chi connectivity index (χ1v) is 9.44. The zero-order chi connectivity index (χ0) is 17.1. The van der Waals surface area contributed by atoms with Crippen LogP contribution in [0.5, 0.6) is 0 Å². The van der Waals surface area contributed by atoms with E-state index in [1.165, 1.54) is 17.8 Å². The van der Waals surface area contributed by atoms with Crippen LogP contribution < -0.4 is 10.2 Å². The Morgan fingerprint density at radius 2 is 1.72 bits per heavy atom. The van der Waals surface area contributed by atoms with Crippen LogP contribution in [-0.2, 0) is 0 Å². The van der Waals surface area contributed by atoms with Gasteiger partial charge in [-0.3, -0.25) is 0 Å². The van der Waals surface area contributed by atoms with Gasteiger partial charge in [0, 0.05) is 35.8 Å². The monoisotopic (exact) mass is 353 g/mol. The van der Waals surface area contributed by atoms with Crippen LogP contribution in [-0.4, -0.2) is 24.1 Å². The molecule has 1 saturated heterocycles. The molecule has 3 nitrogen and oxygen atoms in total. The molecule has 1 fully saturated rings. The van der Waals surface area contributed by atoms with Crippen molar-refractivity contribution < 1.29 is 4.39 Å². The van der Waals surface area contributed by atoms with Gasteiger partial charge >= 0.3 is 0 Å². The van der Waals surface area contributed by atoms with Crippen molar-refractivity contribution in [3.63, 3.8) is 0 Å². The first kappa shape index (κ1) is 16.1.